The molecular formula is C48H88S2. The van der Waals surface area contributed by atoms with Crippen LogP contribution in [-0.4, -0.2) is 0 Å². The van der Waals surface area contributed by atoms with Gasteiger partial charge >= 0.3 is 0 Å². The summed E-state index contributed by atoms with van der Waals surface area (Å²) >= 11 is 4.24. The van der Waals surface area contributed by atoms with E-state index in [1.807, 2.05) is 0 Å². The summed E-state index contributed by atoms with van der Waals surface area (Å²) in [6.45, 7) is 14.4. The molecule has 1 aromatic heterocycles. The van der Waals surface area contributed by atoms with Crippen LogP contribution < -0.4 is 0 Å². The van der Waals surface area contributed by atoms with Gasteiger partial charge < -0.3 is 0 Å². The molecule has 2 heterocycles. The average molecular weight is 729 g/mol. The van der Waals surface area contributed by atoms with Crippen molar-refractivity contribution in [2.24, 2.45) is 29.6 Å². The van der Waals surface area contributed by atoms with Gasteiger partial charge in [0.2, 0.25) is 0 Å². The Kier molecular flexibility index (Phi) is 28.6. The summed E-state index contributed by atoms with van der Waals surface area (Å²) in [5.74, 6) is 4.38. The maximum absolute atomic E-state index is 2.66. The molecule has 0 nitrogen and oxygen atoms in total. The van der Waals surface area contributed by atoms with Crippen LogP contribution in [-0.2, 0) is 6.42 Å². The molecular weight excluding hydrogens is 641 g/mol. The van der Waals surface area contributed by atoms with Gasteiger partial charge in [-0.15, -0.1) is 23.1 Å². The van der Waals surface area contributed by atoms with E-state index in [-0.39, 0.29) is 0 Å². The third-order valence-electron chi connectivity index (χ3n) is 12.4. The summed E-state index contributed by atoms with van der Waals surface area (Å²) < 4.78 is 0. The van der Waals surface area contributed by atoms with Crippen molar-refractivity contribution in [2.45, 2.75) is 239 Å². The number of hydrogen-bond donors (Lipinski definition) is 0. The standard InChI is InChI=1S/C48H88S2/c1-7-13-18-21-22-23-25-27-32-43-38-47(50-40-43)48-45(34-35-49-48)39-46(37-42(30-17-11-5)31-26-20-15-9-3)44(33-28-24-19-14-8-2)36-41(12-6)29-16-10-4/h34-35,38,40-42,44-46,48H,7-33,36-37,39H2,1-6H3. The van der Waals surface area contributed by atoms with E-state index in [2.05, 4.69) is 87.6 Å². The van der Waals surface area contributed by atoms with Crippen molar-refractivity contribution in [1.82, 2.24) is 0 Å². The van der Waals surface area contributed by atoms with E-state index in [1.165, 1.54) is 193 Å². The Labute approximate surface area is 324 Å². The third kappa shape index (κ3) is 20.3. The molecule has 0 amide bonds. The molecule has 292 valence electrons. The Morgan fingerprint density at radius 2 is 1.06 bits per heavy atom. The molecule has 6 unspecified atom stereocenters. The Morgan fingerprint density at radius 3 is 1.70 bits per heavy atom. The van der Waals surface area contributed by atoms with Crippen LogP contribution in [0.1, 0.15) is 243 Å². The van der Waals surface area contributed by atoms with Crippen LogP contribution in [0.5, 0.6) is 0 Å². The predicted octanol–water partition coefficient (Wildman–Crippen LogP) is 18.1. The first-order valence-corrected chi connectivity index (χ1v) is 24.8. The number of thioether (sulfide) groups is 1. The Bertz CT molecular complexity index is 900. The van der Waals surface area contributed by atoms with Crippen molar-refractivity contribution < 1.29 is 0 Å². The number of aryl methyl sites for hydroxylation is 1. The molecule has 0 bridgehead atoms. The van der Waals surface area contributed by atoms with E-state index < -0.39 is 0 Å². The normalized spacial score (nSPS) is 18.5. The van der Waals surface area contributed by atoms with Gasteiger partial charge in [0.05, 0.1) is 0 Å². The lowest BCUT2D eigenvalue weighted by atomic mass is 9.71. The van der Waals surface area contributed by atoms with Gasteiger partial charge in [0, 0.05) is 10.1 Å². The molecule has 1 aliphatic heterocycles. The summed E-state index contributed by atoms with van der Waals surface area (Å²) in [4.78, 5) is 1.67. The van der Waals surface area contributed by atoms with E-state index in [9.17, 15) is 0 Å². The molecule has 0 aromatic carbocycles. The first-order chi connectivity index (χ1) is 24.6. The zero-order valence-electron chi connectivity index (χ0n) is 34.8. The quantitative estimate of drug-likeness (QED) is 0.0627. The zero-order chi connectivity index (χ0) is 36.1. The Balaban J connectivity index is 2.20. The highest BCUT2D eigenvalue weighted by molar-refractivity contribution is 8.02. The van der Waals surface area contributed by atoms with Gasteiger partial charge in [-0.1, -0.05) is 208 Å². The fraction of sp³-hybridized carbons (Fsp3) is 0.875. The highest BCUT2D eigenvalue weighted by atomic mass is 32.2. The Hall–Kier alpha value is -0.210. The molecule has 0 fully saturated rings. The fourth-order valence-electron chi connectivity index (χ4n) is 9.01. The molecule has 50 heavy (non-hydrogen) atoms. The van der Waals surface area contributed by atoms with E-state index in [0.717, 1.165) is 23.7 Å². The molecule has 0 spiro atoms. The van der Waals surface area contributed by atoms with Gasteiger partial charge in [0.1, 0.15) is 0 Å². The van der Waals surface area contributed by atoms with Gasteiger partial charge in [0.25, 0.3) is 0 Å². The zero-order valence-corrected chi connectivity index (χ0v) is 36.4. The summed E-state index contributed by atoms with van der Waals surface area (Å²) in [6, 6.07) is 2.64. The molecule has 2 heteroatoms. The first-order valence-electron chi connectivity index (χ1n) is 23.0. The third-order valence-corrected chi connectivity index (χ3v) is 14.8. The van der Waals surface area contributed by atoms with Gasteiger partial charge in [-0.2, -0.15) is 0 Å². The van der Waals surface area contributed by atoms with Crippen LogP contribution in [0.2, 0.25) is 0 Å². The van der Waals surface area contributed by atoms with Crippen molar-refractivity contribution in [3.63, 3.8) is 0 Å². The van der Waals surface area contributed by atoms with Crippen molar-refractivity contribution in [3.05, 3.63) is 33.4 Å². The van der Waals surface area contributed by atoms with Gasteiger partial charge in [-0.3, -0.25) is 0 Å². The fourth-order valence-corrected chi connectivity index (χ4v) is 11.4. The highest BCUT2D eigenvalue weighted by Gasteiger charge is 2.34. The van der Waals surface area contributed by atoms with Crippen LogP contribution in [0.25, 0.3) is 0 Å². The summed E-state index contributed by atoms with van der Waals surface area (Å²) in [6.07, 6.45) is 45.4. The lowest BCUT2D eigenvalue weighted by molar-refractivity contribution is 0.169. The number of unbranched alkanes of at least 4 members (excludes halogenated alkanes) is 16. The molecule has 2 rings (SSSR count). The monoisotopic (exact) mass is 729 g/mol. The highest BCUT2D eigenvalue weighted by Crippen LogP contribution is 2.50. The molecule has 1 aromatic rings. The SMILES string of the molecule is CCCCCCCCCCc1csc(C2SC=CC2CC(CC(CCCC)CCCCCC)C(CCCCCCC)CC(CC)CCCC)c1. The molecule has 6 atom stereocenters. The van der Waals surface area contributed by atoms with E-state index in [4.69, 9.17) is 0 Å². The van der Waals surface area contributed by atoms with Crippen LogP contribution in [0.3, 0.4) is 0 Å². The number of rotatable bonds is 35. The lowest BCUT2D eigenvalue weighted by Crippen LogP contribution is -2.25. The van der Waals surface area contributed by atoms with Gasteiger partial charge in [-0.25, -0.2) is 0 Å². The van der Waals surface area contributed by atoms with Crippen LogP contribution >= 0.6 is 23.1 Å². The maximum atomic E-state index is 2.66. The minimum absolute atomic E-state index is 0.653. The van der Waals surface area contributed by atoms with Crippen molar-refractivity contribution in [1.29, 1.82) is 0 Å². The molecule has 0 aliphatic carbocycles. The molecule has 0 radical (unpaired) electrons. The van der Waals surface area contributed by atoms with E-state index in [0.29, 0.717) is 11.2 Å². The smallest absolute Gasteiger partial charge is 0.0495 e. The minimum Gasteiger partial charge on any atom is -0.147 e. The largest absolute Gasteiger partial charge is 0.147 e. The summed E-state index contributed by atoms with van der Waals surface area (Å²) in [5, 5.41) is 5.68. The van der Waals surface area contributed by atoms with E-state index in [1.54, 1.807) is 10.4 Å². The second-order valence-corrected chi connectivity index (χ2v) is 18.8. The molecule has 1 aliphatic rings. The average Bonchev–Trinajstić information content (AvgIpc) is 3.80. The van der Waals surface area contributed by atoms with Crippen LogP contribution in [0.15, 0.2) is 22.9 Å². The van der Waals surface area contributed by atoms with Gasteiger partial charge in [0.15, 0.2) is 0 Å². The van der Waals surface area contributed by atoms with Crippen LogP contribution in [0, 0.1) is 29.6 Å². The number of allylic oxidation sites excluding steroid dienone is 1. The van der Waals surface area contributed by atoms with Crippen molar-refractivity contribution >= 4 is 23.1 Å². The molecule has 0 saturated heterocycles. The van der Waals surface area contributed by atoms with Crippen molar-refractivity contribution in [3.8, 4) is 0 Å². The number of thiophene rings is 1. The van der Waals surface area contributed by atoms with Gasteiger partial charge in [-0.05, 0) is 84.1 Å². The topological polar surface area (TPSA) is 0 Å². The van der Waals surface area contributed by atoms with Crippen molar-refractivity contribution in [2.75, 3.05) is 0 Å². The maximum Gasteiger partial charge on any atom is 0.0495 e. The second kappa shape index (κ2) is 31.2. The summed E-state index contributed by atoms with van der Waals surface area (Å²) in [7, 11) is 0. The molecule has 0 saturated carbocycles. The lowest BCUT2D eigenvalue weighted by Gasteiger charge is -2.35. The molecule has 0 N–H and O–H groups in total. The Morgan fingerprint density at radius 1 is 0.540 bits per heavy atom. The summed E-state index contributed by atoms with van der Waals surface area (Å²) in [5.41, 5.74) is 1.62. The number of hydrogen-bond acceptors (Lipinski definition) is 2. The second-order valence-electron chi connectivity index (χ2n) is 16.8. The van der Waals surface area contributed by atoms with E-state index >= 15 is 0 Å². The predicted molar refractivity (Wildman–Crippen MR) is 233 cm³/mol. The minimum atomic E-state index is 0.653. The van der Waals surface area contributed by atoms with Crippen LogP contribution in [0.4, 0.5) is 0 Å². The first kappa shape index (κ1) is 45.9.